The molecule has 5 aliphatic heterocycles. The summed E-state index contributed by atoms with van der Waals surface area (Å²) in [4.78, 5) is 73.6. The van der Waals surface area contributed by atoms with Gasteiger partial charge in [0.1, 0.15) is 29.4 Å². The number of piperidine rings is 3. The molecule has 7 rings (SSSR count). The lowest BCUT2D eigenvalue weighted by atomic mass is 9.70. The Morgan fingerprint density at radius 1 is 1.20 bits per heavy atom. The van der Waals surface area contributed by atoms with Crippen molar-refractivity contribution in [1.82, 2.24) is 20.5 Å². The lowest BCUT2D eigenvalue weighted by molar-refractivity contribution is -0.941. The average Bonchev–Trinajstić information content (AvgIpc) is 3.54. The highest BCUT2D eigenvalue weighted by Crippen LogP contribution is 2.46. The number of aromatic hydroxyl groups is 2. The number of aliphatic carboxylic acids is 2. The first-order valence-corrected chi connectivity index (χ1v) is 18.2. The molecule has 0 spiro atoms. The topological polar surface area (TPSA) is 254 Å². The Morgan fingerprint density at radius 2 is 1.88 bits per heavy atom. The molecule has 2 aromatic rings. The summed E-state index contributed by atoms with van der Waals surface area (Å²) in [5.74, 6) is -5.15. The van der Waals surface area contributed by atoms with E-state index in [1.807, 2.05) is 0 Å². The maximum Gasteiger partial charge on any atom is 0.352 e. The number of carboxylic acids is 2. The molecule has 6 heterocycles. The molecule has 0 saturated carbocycles. The van der Waals surface area contributed by atoms with Crippen LogP contribution in [0.25, 0.3) is 0 Å². The van der Waals surface area contributed by atoms with E-state index in [1.165, 1.54) is 41.1 Å². The Hall–Kier alpha value is -4.59. The zero-order chi connectivity index (χ0) is 36.8. The number of nitrogens with two attached hydrogens (primary N) is 1. The number of hydrogen-bond donors (Lipinski definition) is 7. The number of amides is 3. The number of aromatic nitrogens is 1. The minimum atomic E-state index is -1.38. The van der Waals surface area contributed by atoms with Gasteiger partial charge in [0.25, 0.3) is 17.7 Å². The van der Waals surface area contributed by atoms with Gasteiger partial charge in [0.05, 0.1) is 30.2 Å². The number of phenolic OH excluding ortho intramolecular Hbond substituents is 2. The predicted octanol–water partition coefficient (Wildman–Crippen LogP) is 1.15. The molecule has 272 valence electrons. The van der Waals surface area contributed by atoms with E-state index in [4.69, 9.17) is 27.3 Å². The number of hydrogen-bond acceptors (Lipinski definition) is 13. The van der Waals surface area contributed by atoms with Gasteiger partial charge in [-0.25, -0.2) is 14.6 Å². The van der Waals surface area contributed by atoms with E-state index in [9.17, 15) is 39.3 Å². The van der Waals surface area contributed by atoms with Gasteiger partial charge in [-0.2, -0.15) is 0 Å². The van der Waals surface area contributed by atoms with E-state index in [-0.39, 0.29) is 38.2 Å². The summed E-state index contributed by atoms with van der Waals surface area (Å²) in [5, 5.41) is 48.8. The average molecular weight is 765 g/mol. The molecule has 1 aromatic carbocycles. The molecule has 17 nitrogen and oxygen atoms in total. The molecule has 51 heavy (non-hydrogen) atoms. The predicted molar refractivity (Wildman–Crippen MR) is 184 cm³/mol. The molecule has 0 aliphatic carbocycles. The standard InChI is InChI=1S/C31H34ClN7O10S2/c1-14(28(45)46)49-37-20(17-12-51-30(33)35-17)25(43)36-21-26(44)38-22(29(47)48)15(11-50-27(21)38)10-39-7-4-31(5-8-39,6-9-39)13-34-24(42)16-2-3-18(40)23(41)19(16)32/h2-3,12,14,21,27H,4-11,13H2,1H3,(H7-,33,34,35,36,37,40,41,42,43,45,46,47,48)/p+1/t14-,21+,27+,31?,39?/m0/s1. The highest BCUT2D eigenvalue weighted by molar-refractivity contribution is 8.00. The van der Waals surface area contributed by atoms with Crippen molar-refractivity contribution in [2.24, 2.45) is 10.6 Å². The lowest BCUT2D eigenvalue weighted by Crippen LogP contribution is -2.71. The fourth-order valence-corrected chi connectivity index (χ4v) is 9.05. The van der Waals surface area contributed by atoms with Crippen molar-refractivity contribution in [2.75, 3.05) is 44.2 Å². The number of anilines is 1. The number of oxime groups is 1. The molecule has 0 unspecified atom stereocenters. The molecule has 3 atom stereocenters. The van der Waals surface area contributed by atoms with E-state index in [1.54, 1.807) is 0 Å². The molecule has 20 heteroatoms. The highest BCUT2D eigenvalue weighted by Gasteiger charge is 2.56. The largest absolute Gasteiger partial charge is 0.504 e. The molecule has 4 fully saturated rings. The number of nitrogens with zero attached hydrogens (tertiary/aromatic N) is 4. The van der Waals surface area contributed by atoms with Crippen LogP contribution in [0.4, 0.5) is 5.13 Å². The Kier molecular flexibility index (Phi) is 9.83. The van der Waals surface area contributed by atoms with Crippen molar-refractivity contribution in [2.45, 2.75) is 43.7 Å². The second kappa shape index (κ2) is 13.9. The van der Waals surface area contributed by atoms with Crippen LogP contribution in [0.2, 0.25) is 5.02 Å². The van der Waals surface area contributed by atoms with E-state index >= 15 is 0 Å². The Bertz CT molecular complexity index is 1860. The number of carboxylic acid groups (broad SMARTS) is 2. The minimum Gasteiger partial charge on any atom is -0.504 e. The van der Waals surface area contributed by atoms with Crippen LogP contribution in [0.1, 0.15) is 42.2 Å². The number of phenols is 2. The summed E-state index contributed by atoms with van der Waals surface area (Å²) in [5.41, 5.74) is 5.78. The second-order valence-corrected chi connectivity index (χ2v) is 15.5. The molecule has 8 N–H and O–H groups in total. The van der Waals surface area contributed by atoms with Crippen LogP contribution in [0.3, 0.4) is 0 Å². The third kappa shape index (κ3) is 6.89. The molecule has 2 bridgehead atoms. The van der Waals surface area contributed by atoms with Crippen molar-refractivity contribution in [1.29, 1.82) is 0 Å². The summed E-state index contributed by atoms with van der Waals surface area (Å²) in [6.07, 6.45) is 0.977. The third-order valence-electron chi connectivity index (χ3n) is 10.0. The highest BCUT2D eigenvalue weighted by atomic mass is 35.5. The van der Waals surface area contributed by atoms with Gasteiger partial charge < -0.3 is 46.1 Å². The van der Waals surface area contributed by atoms with Crippen LogP contribution < -0.4 is 16.4 Å². The Morgan fingerprint density at radius 3 is 2.49 bits per heavy atom. The number of fused-ring (bicyclic) bond motifs is 4. The van der Waals surface area contributed by atoms with Crippen molar-refractivity contribution >= 4 is 75.2 Å². The van der Waals surface area contributed by atoms with Crippen LogP contribution in [-0.2, 0) is 24.0 Å². The van der Waals surface area contributed by atoms with Gasteiger partial charge in [-0.15, -0.1) is 23.1 Å². The van der Waals surface area contributed by atoms with Crippen molar-refractivity contribution in [3.05, 3.63) is 45.1 Å². The van der Waals surface area contributed by atoms with Crippen LogP contribution in [0, 0.1) is 5.41 Å². The first kappa shape index (κ1) is 36.2. The molecule has 5 aliphatic rings. The lowest BCUT2D eigenvalue weighted by Gasteiger charge is -2.56. The second-order valence-electron chi connectivity index (χ2n) is 13.1. The molecular formula is C31H35ClN7O10S2+. The van der Waals surface area contributed by atoms with Gasteiger partial charge in [-0.1, -0.05) is 16.8 Å². The molecule has 4 saturated heterocycles. The molecule has 3 amide bonds. The number of quaternary nitrogens is 1. The van der Waals surface area contributed by atoms with Gasteiger partial charge in [0.2, 0.25) is 6.10 Å². The van der Waals surface area contributed by atoms with Gasteiger partial charge in [0.15, 0.2) is 22.3 Å². The van der Waals surface area contributed by atoms with E-state index < -0.39 is 58.7 Å². The van der Waals surface area contributed by atoms with Gasteiger partial charge in [0, 0.05) is 47.9 Å². The zero-order valence-electron chi connectivity index (χ0n) is 27.1. The Balaban J connectivity index is 1.10. The SMILES string of the molecule is C[C@H](ON=C(C(=O)N[C@@H]1C(=O)N2C(C(=O)O)=C(C[N+]34CCC(CNC(=O)c5ccc(O)c(O)c5Cl)(CC3)CC4)CS[C@H]12)c1csc(N)n1)C(=O)O. The first-order chi connectivity index (χ1) is 24.1. The number of thiazole rings is 1. The van der Waals surface area contributed by atoms with E-state index in [0.29, 0.717) is 28.9 Å². The summed E-state index contributed by atoms with van der Waals surface area (Å²) in [6.45, 7) is 4.31. The number of carbonyl (C=O) groups excluding carboxylic acids is 3. The van der Waals surface area contributed by atoms with Crippen LogP contribution >= 0.6 is 34.7 Å². The number of rotatable bonds is 12. The van der Waals surface area contributed by atoms with E-state index in [0.717, 1.165) is 50.2 Å². The van der Waals surface area contributed by atoms with E-state index in [2.05, 4.69) is 20.8 Å². The van der Waals surface area contributed by atoms with Crippen molar-refractivity contribution in [3.8, 4) is 11.5 Å². The number of halogens is 1. The summed E-state index contributed by atoms with van der Waals surface area (Å²) >= 11 is 8.43. The Labute approximate surface area is 303 Å². The minimum absolute atomic E-state index is 0.0198. The summed E-state index contributed by atoms with van der Waals surface area (Å²) in [7, 11) is 0. The summed E-state index contributed by atoms with van der Waals surface area (Å²) in [6, 6.07) is 1.47. The normalized spacial score (nSPS) is 26.2. The monoisotopic (exact) mass is 764 g/mol. The fourth-order valence-electron chi connectivity index (χ4n) is 6.93. The first-order valence-electron chi connectivity index (χ1n) is 15.9. The molecular weight excluding hydrogens is 730 g/mol. The van der Waals surface area contributed by atoms with Crippen molar-refractivity contribution in [3.63, 3.8) is 0 Å². The number of thioether (sulfide) groups is 1. The van der Waals surface area contributed by atoms with Gasteiger partial charge in [-0.05, 0) is 19.1 Å². The number of nitrogen functional groups attached to an aromatic ring is 1. The smallest absolute Gasteiger partial charge is 0.352 e. The number of carbonyl (C=O) groups is 5. The van der Waals surface area contributed by atoms with Crippen LogP contribution in [0.15, 0.2) is 33.9 Å². The third-order valence-corrected chi connectivity index (χ3v) is 12.4. The van der Waals surface area contributed by atoms with Crippen molar-refractivity contribution < 1.29 is 53.7 Å². The number of β-lactam (4-membered cyclic amide) rings is 1. The van der Waals surface area contributed by atoms with Gasteiger partial charge >= 0.3 is 11.9 Å². The van der Waals surface area contributed by atoms with Crippen LogP contribution in [0.5, 0.6) is 11.5 Å². The van der Waals surface area contributed by atoms with Crippen LogP contribution in [-0.4, -0.2) is 126 Å². The zero-order valence-corrected chi connectivity index (χ0v) is 29.5. The molecule has 0 radical (unpaired) electrons. The quantitative estimate of drug-likeness (QED) is 0.0527. The summed E-state index contributed by atoms with van der Waals surface area (Å²) < 4.78 is 0.651. The van der Waals surface area contributed by atoms with Gasteiger partial charge in [-0.3, -0.25) is 19.3 Å². The fraction of sp³-hybridized carbons (Fsp3) is 0.452. The maximum atomic E-state index is 13.4. The number of nitrogens with one attached hydrogen (secondary N) is 2. The number of benzene rings is 1. The maximum absolute atomic E-state index is 13.4. The molecule has 1 aromatic heterocycles.